The van der Waals surface area contributed by atoms with E-state index in [0.29, 0.717) is 6.42 Å². The van der Waals surface area contributed by atoms with Gasteiger partial charge in [0.15, 0.2) is 0 Å². The molecular weight excluding hydrogens is 223 g/mol. The fourth-order valence-electron chi connectivity index (χ4n) is 0.599. The maximum Gasteiger partial charge on any atom is 0.465 e. The lowest BCUT2D eigenvalue weighted by Crippen LogP contribution is -2.45. The van der Waals surface area contributed by atoms with Crippen molar-refractivity contribution in [3.8, 4) is 0 Å². The van der Waals surface area contributed by atoms with Gasteiger partial charge in [-0.25, -0.2) is 4.79 Å². The predicted octanol–water partition coefficient (Wildman–Crippen LogP) is 2.69. The SMILES string of the molecule is C=CCCCOC(=O)C(F)(F)C(F)(F)F. The molecule has 0 aliphatic carbocycles. The molecular formula is C8H9F5O2. The van der Waals surface area contributed by atoms with Crippen LogP contribution >= 0.6 is 0 Å². The molecule has 0 radical (unpaired) electrons. The number of alkyl halides is 5. The van der Waals surface area contributed by atoms with E-state index in [-0.39, 0.29) is 6.42 Å². The number of carbonyl (C=O) groups is 1. The van der Waals surface area contributed by atoms with Gasteiger partial charge >= 0.3 is 18.1 Å². The van der Waals surface area contributed by atoms with E-state index in [2.05, 4.69) is 11.3 Å². The average Bonchev–Trinajstić information content (AvgIpc) is 2.10. The second-order valence-corrected chi connectivity index (χ2v) is 2.64. The molecule has 0 amide bonds. The zero-order valence-corrected chi connectivity index (χ0v) is 7.61. The Morgan fingerprint density at radius 3 is 2.20 bits per heavy atom. The summed E-state index contributed by atoms with van der Waals surface area (Å²) in [6.07, 6.45) is -3.97. The first-order chi connectivity index (χ1) is 6.73. The zero-order chi connectivity index (χ0) is 12.1. The summed E-state index contributed by atoms with van der Waals surface area (Å²) >= 11 is 0. The van der Waals surface area contributed by atoms with Gasteiger partial charge in [0.1, 0.15) is 0 Å². The van der Waals surface area contributed by atoms with Crippen molar-refractivity contribution in [3.05, 3.63) is 12.7 Å². The molecule has 0 unspecified atom stereocenters. The van der Waals surface area contributed by atoms with E-state index in [4.69, 9.17) is 0 Å². The highest BCUT2D eigenvalue weighted by Crippen LogP contribution is 2.36. The maximum absolute atomic E-state index is 12.2. The quantitative estimate of drug-likeness (QED) is 0.315. The predicted molar refractivity (Wildman–Crippen MR) is 41.4 cm³/mol. The molecule has 0 aliphatic rings. The minimum absolute atomic E-state index is 0.156. The van der Waals surface area contributed by atoms with Crippen LogP contribution in [-0.2, 0) is 9.53 Å². The monoisotopic (exact) mass is 232 g/mol. The number of rotatable bonds is 5. The standard InChI is InChI=1S/C8H9F5O2/c1-2-3-4-5-15-6(14)7(9,10)8(11,12)13/h2H,1,3-5H2. The van der Waals surface area contributed by atoms with Gasteiger partial charge in [0.25, 0.3) is 0 Å². The Morgan fingerprint density at radius 1 is 1.27 bits per heavy atom. The van der Waals surface area contributed by atoms with E-state index in [1.807, 2.05) is 0 Å². The highest BCUT2D eigenvalue weighted by molar-refractivity contribution is 5.78. The molecule has 0 bridgehead atoms. The molecule has 15 heavy (non-hydrogen) atoms. The summed E-state index contributed by atoms with van der Waals surface area (Å²) in [5.41, 5.74) is 0. The Bertz CT molecular complexity index is 234. The van der Waals surface area contributed by atoms with Crippen LogP contribution in [0.4, 0.5) is 22.0 Å². The molecule has 0 aromatic rings. The van der Waals surface area contributed by atoms with Gasteiger partial charge in [0.2, 0.25) is 0 Å². The minimum atomic E-state index is -5.91. The fourth-order valence-corrected chi connectivity index (χ4v) is 0.599. The molecule has 0 N–H and O–H groups in total. The van der Waals surface area contributed by atoms with Gasteiger partial charge in [-0.1, -0.05) is 6.08 Å². The summed E-state index contributed by atoms with van der Waals surface area (Å²) in [5.74, 6) is -8.01. The molecule has 0 atom stereocenters. The Hall–Kier alpha value is -1.14. The largest absolute Gasteiger partial charge is 0.465 e. The number of hydrogen-bond acceptors (Lipinski definition) is 2. The van der Waals surface area contributed by atoms with Crippen LogP contribution in [0.3, 0.4) is 0 Å². The van der Waals surface area contributed by atoms with Crippen molar-refractivity contribution in [2.45, 2.75) is 24.9 Å². The Morgan fingerprint density at radius 2 is 1.80 bits per heavy atom. The van der Waals surface area contributed by atoms with E-state index in [0.717, 1.165) is 0 Å². The van der Waals surface area contributed by atoms with Gasteiger partial charge in [-0.3, -0.25) is 0 Å². The Balaban J connectivity index is 4.15. The lowest BCUT2D eigenvalue weighted by atomic mass is 10.3. The first kappa shape index (κ1) is 13.9. The van der Waals surface area contributed by atoms with E-state index in [1.165, 1.54) is 6.08 Å². The topological polar surface area (TPSA) is 26.3 Å². The van der Waals surface area contributed by atoms with Gasteiger partial charge in [0, 0.05) is 0 Å². The van der Waals surface area contributed by atoms with Crippen LogP contribution in [0.5, 0.6) is 0 Å². The van der Waals surface area contributed by atoms with Crippen molar-refractivity contribution in [1.29, 1.82) is 0 Å². The molecule has 88 valence electrons. The van der Waals surface area contributed by atoms with Crippen molar-refractivity contribution < 1.29 is 31.5 Å². The number of ether oxygens (including phenoxy) is 1. The highest BCUT2D eigenvalue weighted by atomic mass is 19.4. The Kier molecular flexibility index (Phi) is 4.70. The van der Waals surface area contributed by atoms with E-state index in [9.17, 15) is 26.7 Å². The fraction of sp³-hybridized carbons (Fsp3) is 0.625. The van der Waals surface area contributed by atoms with Crippen LogP contribution in [-0.4, -0.2) is 24.7 Å². The van der Waals surface area contributed by atoms with Gasteiger partial charge in [-0.05, 0) is 12.8 Å². The summed E-state index contributed by atoms with van der Waals surface area (Å²) < 4.78 is 63.0. The molecule has 0 aliphatic heterocycles. The third-order valence-electron chi connectivity index (χ3n) is 1.40. The van der Waals surface area contributed by atoms with Crippen LogP contribution in [0.2, 0.25) is 0 Å². The molecule has 0 aromatic carbocycles. The zero-order valence-electron chi connectivity index (χ0n) is 7.61. The molecule has 0 saturated carbocycles. The first-order valence-electron chi connectivity index (χ1n) is 3.96. The van der Waals surface area contributed by atoms with Gasteiger partial charge in [-0.2, -0.15) is 22.0 Å². The third-order valence-corrected chi connectivity index (χ3v) is 1.40. The van der Waals surface area contributed by atoms with Crippen LogP contribution in [0.25, 0.3) is 0 Å². The smallest absolute Gasteiger partial charge is 0.461 e. The minimum Gasteiger partial charge on any atom is -0.461 e. The van der Waals surface area contributed by atoms with Crippen molar-refractivity contribution in [3.63, 3.8) is 0 Å². The number of hydrogen-bond donors (Lipinski definition) is 0. The lowest BCUT2D eigenvalue weighted by Gasteiger charge is -2.17. The lowest BCUT2D eigenvalue weighted by molar-refractivity contribution is -0.280. The average molecular weight is 232 g/mol. The van der Waals surface area contributed by atoms with Crippen molar-refractivity contribution in [2.24, 2.45) is 0 Å². The van der Waals surface area contributed by atoms with Crippen molar-refractivity contribution in [1.82, 2.24) is 0 Å². The first-order valence-corrected chi connectivity index (χ1v) is 3.96. The second kappa shape index (κ2) is 5.09. The summed E-state index contributed by atoms with van der Waals surface area (Å²) in [6.45, 7) is 2.81. The van der Waals surface area contributed by atoms with Crippen molar-refractivity contribution in [2.75, 3.05) is 6.61 Å². The summed E-state index contributed by atoms with van der Waals surface area (Å²) in [5, 5.41) is 0. The van der Waals surface area contributed by atoms with Crippen molar-refractivity contribution >= 4 is 5.97 Å². The van der Waals surface area contributed by atoms with Crippen LogP contribution in [0.1, 0.15) is 12.8 Å². The molecule has 0 fully saturated rings. The number of carbonyl (C=O) groups excluding carboxylic acids is 1. The summed E-state index contributed by atoms with van der Waals surface area (Å²) in [6, 6.07) is 0. The molecule has 0 saturated heterocycles. The highest BCUT2D eigenvalue weighted by Gasteiger charge is 2.64. The summed E-state index contributed by atoms with van der Waals surface area (Å²) in [7, 11) is 0. The van der Waals surface area contributed by atoms with E-state index >= 15 is 0 Å². The normalized spacial score (nSPS) is 12.3. The molecule has 0 heterocycles. The van der Waals surface area contributed by atoms with Gasteiger partial charge in [-0.15, -0.1) is 6.58 Å². The Labute approximate surface area is 82.7 Å². The van der Waals surface area contributed by atoms with Crippen LogP contribution < -0.4 is 0 Å². The number of halogens is 5. The van der Waals surface area contributed by atoms with Gasteiger partial charge in [0.05, 0.1) is 6.61 Å². The summed E-state index contributed by atoms with van der Waals surface area (Å²) in [4.78, 5) is 10.4. The number of unbranched alkanes of at least 4 members (excludes halogenated alkanes) is 1. The molecule has 0 spiro atoms. The maximum atomic E-state index is 12.2. The van der Waals surface area contributed by atoms with Gasteiger partial charge < -0.3 is 4.74 Å². The van der Waals surface area contributed by atoms with E-state index in [1.54, 1.807) is 0 Å². The third kappa shape index (κ3) is 3.85. The van der Waals surface area contributed by atoms with E-state index < -0.39 is 24.7 Å². The molecule has 0 aromatic heterocycles. The number of allylic oxidation sites excluding steroid dienone is 1. The number of esters is 1. The molecule has 2 nitrogen and oxygen atoms in total. The van der Waals surface area contributed by atoms with Crippen LogP contribution in [0, 0.1) is 0 Å². The second-order valence-electron chi connectivity index (χ2n) is 2.64. The van der Waals surface area contributed by atoms with Crippen LogP contribution in [0.15, 0.2) is 12.7 Å². The molecule has 7 heteroatoms. The molecule has 0 rings (SSSR count).